The maximum atomic E-state index is 5.81. The smallest absolute Gasteiger partial charge is 0.316 e. The Balaban J connectivity index is 1.26. The van der Waals surface area contributed by atoms with E-state index in [1.807, 2.05) is 66.7 Å². The van der Waals surface area contributed by atoms with Crippen LogP contribution < -0.4 is 9.47 Å². The van der Waals surface area contributed by atoms with Crippen LogP contribution in [-0.4, -0.2) is 16.6 Å². The normalized spacial score (nSPS) is 10.7. The van der Waals surface area contributed by atoms with Crippen LogP contribution >= 0.6 is 0 Å². The fourth-order valence-corrected chi connectivity index (χ4v) is 2.81. The summed E-state index contributed by atoms with van der Waals surface area (Å²) in [5.41, 5.74) is 2.15. The minimum Gasteiger partial charge on any atom is -0.463 e. The largest absolute Gasteiger partial charge is 0.463 e. The Morgan fingerprint density at radius 3 is 2.33 bits per heavy atom. The number of aromatic nitrogens is 2. The van der Waals surface area contributed by atoms with Crippen molar-refractivity contribution in [2.45, 2.75) is 12.8 Å². The first-order valence-electron chi connectivity index (χ1n) is 9.03. The molecule has 4 aromatic rings. The zero-order valence-electron chi connectivity index (χ0n) is 14.9. The fourth-order valence-electron chi connectivity index (χ4n) is 2.81. The van der Waals surface area contributed by atoms with Gasteiger partial charge < -0.3 is 9.47 Å². The quantitative estimate of drug-likeness (QED) is 0.414. The molecule has 27 heavy (non-hydrogen) atoms. The highest BCUT2D eigenvalue weighted by atomic mass is 16.5. The molecule has 4 rings (SSSR count). The van der Waals surface area contributed by atoms with Crippen molar-refractivity contribution < 1.29 is 9.47 Å². The van der Waals surface area contributed by atoms with E-state index in [4.69, 9.17) is 9.47 Å². The molecule has 1 aromatic heterocycles. The van der Waals surface area contributed by atoms with Gasteiger partial charge in [-0.15, -0.1) is 0 Å². The van der Waals surface area contributed by atoms with Crippen LogP contribution in [0.25, 0.3) is 10.9 Å². The van der Waals surface area contributed by atoms with Crippen molar-refractivity contribution in [2.75, 3.05) is 6.61 Å². The van der Waals surface area contributed by atoms with Gasteiger partial charge in [-0.1, -0.05) is 48.5 Å². The molecular formula is C23H20N2O2. The second kappa shape index (κ2) is 8.32. The molecule has 0 atom stereocenters. The Kier molecular flexibility index (Phi) is 5.25. The van der Waals surface area contributed by atoms with Crippen LogP contribution in [0.15, 0.2) is 85.1 Å². The van der Waals surface area contributed by atoms with E-state index in [1.165, 1.54) is 5.56 Å². The topological polar surface area (TPSA) is 44.2 Å². The fraction of sp³-hybridized carbons (Fsp3) is 0.130. The highest BCUT2D eigenvalue weighted by molar-refractivity contribution is 5.77. The molecule has 0 spiro atoms. The van der Waals surface area contributed by atoms with Crippen molar-refractivity contribution in [1.82, 2.24) is 9.97 Å². The summed E-state index contributed by atoms with van der Waals surface area (Å²) in [5.74, 6) is 1.68. The maximum Gasteiger partial charge on any atom is 0.316 e. The lowest BCUT2D eigenvalue weighted by molar-refractivity contribution is 0.288. The number of aryl methyl sites for hydroxylation is 1. The summed E-state index contributed by atoms with van der Waals surface area (Å²) in [4.78, 5) is 8.67. The second-order valence-corrected chi connectivity index (χ2v) is 6.22. The Labute approximate surface area is 158 Å². The van der Waals surface area contributed by atoms with E-state index in [9.17, 15) is 0 Å². The van der Waals surface area contributed by atoms with Crippen LogP contribution in [-0.2, 0) is 6.42 Å². The third kappa shape index (κ3) is 4.61. The summed E-state index contributed by atoms with van der Waals surface area (Å²) in [6.07, 6.45) is 3.62. The molecule has 0 amide bonds. The zero-order valence-corrected chi connectivity index (χ0v) is 14.9. The lowest BCUT2D eigenvalue weighted by Gasteiger charge is -2.07. The minimum atomic E-state index is 0.431. The standard InChI is InChI=1S/C23H20N2O2/c1-2-9-20(10-3-1)27-21-14-12-18(13-15-21)7-6-16-26-23-24-17-19-8-4-5-11-22(19)25-23/h1-5,8-15,17H,6-7,16H2. The van der Waals surface area contributed by atoms with Crippen LogP contribution in [0.5, 0.6) is 17.5 Å². The summed E-state index contributed by atoms with van der Waals surface area (Å²) in [7, 11) is 0. The monoisotopic (exact) mass is 356 g/mol. The highest BCUT2D eigenvalue weighted by Crippen LogP contribution is 2.21. The molecule has 134 valence electrons. The number of hydrogen-bond donors (Lipinski definition) is 0. The van der Waals surface area contributed by atoms with Crippen molar-refractivity contribution in [3.63, 3.8) is 0 Å². The van der Waals surface area contributed by atoms with E-state index < -0.39 is 0 Å². The van der Waals surface area contributed by atoms with Gasteiger partial charge in [0, 0.05) is 11.6 Å². The third-order valence-electron chi connectivity index (χ3n) is 4.21. The van der Waals surface area contributed by atoms with E-state index in [2.05, 4.69) is 22.1 Å². The first-order valence-corrected chi connectivity index (χ1v) is 9.03. The molecular weight excluding hydrogens is 336 g/mol. The number of ether oxygens (including phenoxy) is 2. The van der Waals surface area contributed by atoms with Crippen LogP contribution in [0.2, 0.25) is 0 Å². The summed E-state index contributed by atoms with van der Waals surface area (Å²) >= 11 is 0. The maximum absolute atomic E-state index is 5.81. The summed E-state index contributed by atoms with van der Waals surface area (Å²) in [6.45, 7) is 0.584. The van der Waals surface area contributed by atoms with Gasteiger partial charge >= 0.3 is 6.01 Å². The lowest BCUT2D eigenvalue weighted by atomic mass is 10.1. The van der Waals surface area contributed by atoms with E-state index in [-0.39, 0.29) is 0 Å². The number of benzene rings is 3. The van der Waals surface area contributed by atoms with E-state index in [1.54, 1.807) is 6.20 Å². The van der Waals surface area contributed by atoms with Gasteiger partial charge in [-0.3, -0.25) is 0 Å². The first kappa shape index (κ1) is 17.0. The van der Waals surface area contributed by atoms with Crippen molar-refractivity contribution >= 4 is 10.9 Å². The molecule has 4 nitrogen and oxygen atoms in total. The van der Waals surface area contributed by atoms with Gasteiger partial charge in [-0.25, -0.2) is 4.98 Å². The van der Waals surface area contributed by atoms with Gasteiger partial charge in [0.2, 0.25) is 0 Å². The molecule has 0 radical (unpaired) electrons. The lowest BCUT2D eigenvalue weighted by Crippen LogP contribution is -2.02. The molecule has 0 fully saturated rings. The molecule has 0 unspecified atom stereocenters. The molecule has 0 aliphatic rings. The summed E-state index contributed by atoms with van der Waals surface area (Å²) < 4.78 is 11.5. The zero-order chi connectivity index (χ0) is 18.3. The molecule has 4 heteroatoms. The molecule has 0 N–H and O–H groups in total. The van der Waals surface area contributed by atoms with Crippen LogP contribution in [0, 0.1) is 0 Å². The average Bonchev–Trinajstić information content (AvgIpc) is 2.73. The van der Waals surface area contributed by atoms with Gasteiger partial charge in [0.15, 0.2) is 0 Å². The average molecular weight is 356 g/mol. The van der Waals surface area contributed by atoms with Crippen molar-refractivity contribution in [3.8, 4) is 17.5 Å². The molecule has 0 aliphatic heterocycles. The highest BCUT2D eigenvalue weighted by Gasteiger charge is 2.02. The predicted molar refractivity (Wildman–Crippen MR) is 106 cm³/mol. The predicted octanol–water partition coefficient (Wildman–Crippen LogP) is 5.43. The Morgan fingerprint density at radius 1 is 0.741 bits per heavy atom. The summed E-state index contributed by atoms with van der Waals surface area (Å²) in [6, 6.07) is 26.3. The minimum absolute atomic E-state index is 0.431. The number of para-hydroxylation sites is 2. The number of hydrogen-bond acceptors (Lipinski definition) is 4. The van der Waals surface area contributed by atoms with Gasteiger partial charge in [-0.05, 0) is 48.7 Å². The Morgan fingerprint density at radius 2 is 1.48 bits per heavy atom. The first-order chi connectivity index (χ1) is 13.4. The number of fused-ring (bicyclic) bond motifs is 1. The summed E-state index contributed by atoms with van der Waals surface area (Å²) in [5, 5.41) is 1.02. The Hall–Kier alpha value is -3.40. The Bertz CT molecular complexity index is 1000. The van der Waals surface area contributed by atoms with E-state index >= 15 is 0 Å². The van der Waals surface area contributed by atoms with Crippen LogP contribution in [0.1, 0.15) is 12.0 Å². The molecule has 0 saturated carbocycles. The van der Waals surface area contributed by atoms with E-state index in [0.717, 1.165) is 35.2 Å². The molecule has 0 aliphatic carbocycles. The van der Waals surface area contributed by atoms with Crippen molar-refractivity contribution in [3.05, 3.63) is 90.6 Å². The van der Waals surface area contributed by atoms with Crippen LogP contribution in [0.3, 0.4) is 0 Å². The number of nitrogens with zero attached hydrogens (tertiary/aromatic N) is 2. The van der Waals surface area contributed by atoms with Gasteiger partial charge in [-0.2, -0.15) is 4.98 Å². The van der Waals surface area contributed by atoms with Crippen molar-refractivity contribution in [1.29, 1.82) is 0 Å². The van der Waals surface area contributed by atoms with Gasteiger partial charge in [0.25, 0.3) is 0 Å². The molecule has 0 bridgehead atoms. The SMILES string of the molecule is c1ccc(Oc2ccc(CCCOc3ncc4ccccc4n3)cc2)cc1. The molecule has 1 heterocycles. The van der Waals surface area contributed by atoms with Crippen molar-refractivity contribution in [2.24, 2.45) is 0 Å². The molecule has 0 saturated heterocycles. The van der Waals surface area contributed by atoms with Gasteiger partial charge in [0.1, 0.15) is 11.5 Å². The second-order valence-electron chi connectivity index (χ2n) is 6.22. The van der Waals surface area contributed by atoms with E-state index in [0.29, 0.717) is 12.6 Å². The molecule has 3 aromatic carbocycles. The van der Waals surface area contributed by atoms with Gasteiger partial charge in [0.05, 0.1) is 12.1 Å². The number of rotatable bonds is 7. The third-order valence-corrected chi connectivity index (χ3v) is 4.21. The van der Waals surface area contributed by atoms with Crippen LogP contribution in [0.4, 0.5) is 0 Å².